The molecule has 0 aliphatic rings. The van der Waals surface area contributed by atoms with Crippen molar-refractivity contribution in [3.05, 3.63) is 34.4 Å². The molecule has 0 radical (unpaired) electrons. The number of carboxylic acid groups (broad SMARTS) is 2. The highest BCUT2D eigenvalue weighted by molar-refractivity contribution is 5.71. The Bertz CT molecular complexity index is 466. The number of ether oxygens (including phenoxy) is 1. The van der Waals surface area contributed by atoms with Gasteiger partial charge in [-0.25, -0.2) is 0 Å². The van der Waals surface area contributed by atoms with E-state index in [1.54, 1.807) is 0 Å². The molecule has 0 saturated carbocycles. The van der Waals surface area contributed by atoms with Gasteiger partial charge in [0, 0.05) is 12.1 Å². The van der Waals surface area contributed by atoms with Crippen molar-refractivity contribution in [1.29, 1.82) is 0 Å². The maximum absolute atomic E-state index is 10.6. The highest BCUT2D eigenvalue weighted by Gasteiger charge is 2.19. The minimum absolute atomic E-state index is 0.139. The molecule has 0 fully saturated rings. The predicted molar refractivity (Wildman–Crippen MR) is 62.0 cm³/mol. The van der Waals surface area contributed by atoms with E-state index in [0.717, 1.165) is 0 Å². The second-order valence-electron chi connectivity index (χ2n) is 3.69. The number of rotatable bonds is 7. The lowest BCUT2D eigenvalue weighted by atomic mass is 10.2. The first kappa shape index (κ1) is 14.4. The molecule has 0 bridgehead atoms. The van der Waals surface area contributed by atoms with E-state index in [4.69, 9.17) is 14.9 Å². The zero-order valence-electron chi connectivity index (χ0n) is 9.68. The number of non-ortho nitro benzene ring substituents is 1. The van der Waals surface area contributed by atoms with E-state index in [1.807, 2.05) is 0 Å². The summed E-state index contributed by atoms with van der Waals surface area (Å²) in [7, 11) is 0. The van der Waals surface area contributed by atoms with Gasteiger partial charge in [-0.15, -0.1) is 0 Å². The Hall–Kier alpha value is -2.64. The maximum atomic E-state index is 10.6. The van der Waals surface area contributed by atoms with E-state index in [1.165, 1.54) is 24.3 Å². The van der Waals surface area contributed by atoms with Crippen LogP contribution in [0.25, 0.3) is 0 Å². The summed E-state index contributed by atoms with van der Waals surface area (Å²) in [6, 6.07) is 4.95. The molecule has 1 aromatic rings. The molecule has 0 aromatic heterocycles. The normalized spacial score (nSPS) is 10.2. The minimum Gasteiger partial charge on any atom is -0.489 e. The predicted octanol–water partition coefficient (Wildman–Crippen LogP) is 1.29. The van der Waals surface area contributed by atoms with Gasteiger partial charge in [0.05, 0.1) is 17.8 Å². The number of hydrogen-bond acceptors (Lipinski definition) is 5. The summed E-state index contributed by atoms with van der Waals surface area (Å²) in [5, 5.41) is 27.7. The number of nitro benzene ring substituents is 1. The molecule has 0 aliphatic heterocycles. The Kier molecular flexibility index (Phi) is 4.81. The van der Waals surface area contributed by atoms with Gasteiger partial charge in [0.25, 0.3) is 5.69 Å². The van der Waals surface area contributed by atoms with Crippen molar-refractivity contribution < 1.29 is 29.5 Å². The molecule has 8 heteroatoms. The highest BCUT2D eigenvalue weighted by Crippen LogP contribution is 2.20. The van der Waals surface area contributed by atoms with Gasteiger partial charge in [0.1, 0.15) is 11.9 Å². The van der Waals surface area contributed by atoms with E-state index in [0.29, 0.717) is 0 Å². The fourth-order valence-corrected chi connectivity index (χ4v) is 1.38. The zero-order chi connectivity index (χ0) is 14.4. The molecular formula is C11H11NO7. The molecule has 19 heavy (non-hydrogen) atoms. The standard InChI is InChI=1S/C11H11NO7/c13-10(14)5-9(6-11(15)16)19-8-3-1-7(2-4-8)12(17)18/h1-4,9H,5-6H2,(H,13,14)(H,15,16). The molecule has 0 aliphatic carbocycles. The van der Waals surface area contributed by atoms with E-state index >= 15 is 0 Å². The SMILES string of the molecule is O=C(O)CC(CC(=O)O)Oc1ccc([N+](=O)[O-])cc1. The lowest BCUT2D eigenvalue weighted by molar-refractivity contribution is -0.384. The van der Waals surface area contributed by atoms with Crippen LogP contribution in [-0.2, 0) is 9.59 Å². The van der Waals surface area contributed by atoms with Crippen LogP contribution in [0.15, 0.2) is 24.3 Å². The molecule has 1 aromatic carbocycles. The first-order chi connectivity index (χ1) is 8.88. The molecule has 8 nitrogen and oxygen atoms in total. The third-order valence-corrected chi connectivity index (χ3v) is 2.15. The largest absolute Gasteiger partial charge is 0.489 e. The summed E-state index contributed by atoms with van der Waals surface area (Å²) in [5.74, 6) is -2.19. The summed E-state index contributed by atoms with van der Waals surface area (Å²) >= 11 is 0. The highest BCUT2D eigenvalue weighted by atomic mass is 16.6. The fourth-order valence-electron chi connectivity index (χ4n) is 1.38. The fraction of sp³-hybridized carbons (Fsp3) is 0.273. The number of carboxylic acids is 2. The van der Waals surface area contributed by atoms with E-state index in [-0.39, 0.29) is 11.4 Å². The topological polar surface area (TPSA) is 127 Å². The van der Waals surface area contributed by atoms with Crippen molar-refractivity contribution in [1.82, 2.24) is 0 Å². The van der Waals surface area contributed by atoms with Crippen molar-refractivity contribution in [3.63, 3.8) is 0 Å². The van der Waals surface area contributed by atoms with E-state index < -0.39 is 35.8 Å². The van der Waals surface area contributed by atoms with Gasteiger partial charge >= 0.3 is 11.9 Å². The van der Waals surface area contributed by atoms with Gasteiger partial charge in [-0.05, 0) is 12.1 Å². The van der Waals surface area contributed by atoms with Crippen LogP contribution in [0.5, 0.6) is 5.75 Å². The second-order valence-corrected chi connectivity index (χ2v) is 3.69. The van der Waals surface area contributed by atoms with Crippen LogP contribution in [0, 0.1) is 10.1 Å². The summed E-state index contributed by atoms with van der Waals surface area (Å²) in [6.45, 7) is 0. The molecule has 0 spiro atoms. The third-order valence-electron chi connectivity index (χ3n) is 2.15. The number of benzene rings is 1. The van der Waals surface area contributed by atoms with Gasteiger partial charge in [0.15, 0.2) is 0 Å². The van der Waals surface area contributed by atoms with Crippen LogP contribution in [0.4, 0.5) is 5.69 Å². The van der Waals surface area contributed by atoms with Crippen LogP contribution in [-0.4, -0.2) is 33.2 Å². The lowest BCUT2D eigenvalue weighted by Crippen LogP contribution is -2.24. The van der Waals surface area contributed by atoms with Crippen molar-refractivity contribution in [2.75, 3.05) is 0 Å². The molecule has 102 valence electrons. The quantitative estimate of drug-likeness (QED) is 0.563. The summed E-state index contributed by atoms with van der Waals surface area (Å²) < 4.78 is 5.19. The van der Waals surface area contributed by atoms with Gasteiger partial charge in [-0.2, -0.15) is 0 Å². The molecule has 0 atom stereocenters. The Morgan fingerprint density at radius 3 is 2.00 bits per heavy atom. The van der Waals surface area contributed by atoms with Crippen molar-refractivity contribution >= 4 is 17.6 Å². The average Bonchev–Trinajstić information content (AvgIpc) is 2.27. The van der Waals surface area contributed by atoms with Crippen LogP contribution < -0.4 is 4.74 Å². The second kappa shape index (κ2) is 6.34. The number of hydrogen-bond donors (Lipinski definition) is 2. The van der Waals surface area contributed by atoms with Gasteiger partial charge in [-0.3, -0.25) is 19.7 Å². The van der Waals surface area contributed by atoms with Crippen molar-refractivity contribution in [2.24, 2.45) is 0 Å². The van der Waals surface area contributed by atoms with Crippen molar-refractivity contribution in [2.45, 2.75) is 18.9 Å². The Labute approximate surface area is 107 Å². The average molecular weight is 269 g/mol. The monoisotopic (exact) mass is 269 g/mol. The first-order valence-electron chi connectivity index (χ1n) is 5.23. The number of carbonyl (C=O) groups is 2. The van der Waals surface area contributed by atoms with E-state index in [9.17, 15) is 19.7 Å². The molecule has 0 amide bonds. The first-order valence-corrected chi connectivity index (χ1v) is 5.23. The van der Waals surface area contributed by atoms with Crippen LogP contribution in [0.2, 0.25) is 0 Å². The lowest BCUT2D eigenvalue weighted by Gasteiger charge is -2.15. The molecular weight excluding hydrogens is 258 g/mol. The Balaban J connectivity index is 2.74. The summed E-state index contributed by atoms with van der Waals surface area (Å²) in [5.41, 5.74) is -0.139. The van der Waals surface area contributed by atoms with Gasteiger partial charge < -0.3 is 14.9 Å². The molecule has 0 unspecified atom stereocenters. The molecule has 0 heterocycles. The van der Waals surface area contributed by atoms with Crippen LogP contribution in [0.3, 0.4) is 0 Å². The zero-order valence-corrected chi connectivity index (χ0v) is 9.68. The molecule has 2 N–H and O–H groups in total. The Morgan fingerprint density at radius 1 is 1.16 bits per heavy atom. The summed E-state index contributed by atoms with van der Waals surface area (Å²) in [6.07, 6.45) is -1.97. The maximum Gasteiger partial charge on any atom is 0.307 e. The summed E-state index contributed by atoms with van der Waals surface area (Å²) in [4.78, 5) is 31.0. The Morgan fingerprint density at radius 2 is 1.63 bits per heavy atom. The van der Waals surface area contributed by atoms with Gasteiger partial charge in [0.2, 0.25) is 0 Å². The third kappa shape index (κ3) is 5.02. The number of nitrogens with zero attached hydrogens (tertiary/aromatic N) is 1. The number of aliphatic carboxylic acids is 2. The van der Waals surface area contributed by atoms with Crippen LogP contribution >= 0.6 is 0 Å². The molecule has 0 saturated heterocycles. The van der Waals surface area contributed by atoms with Gasteiger partial charge in [-0.1, -0.05) is 0 Å². The number of nitro groups is 1. The minimum atomic E-state index is -1.19. The molecule has 1 rings (SSSR count). The van der Waals surface area contributed by atoms with E-state index in [2.05, 4.69) is 0 Å². The van der Waals surface area contributed by atoms with Crippen LogP contribution in [0.1, 0.15) is 12.8 Å². The van der Waals surface area contributed by atoms with Crippen molar-refractivity contribution in [3.8, 4) is 5.75 Å². The smallest absolute Gasteiger partial charge is 0.307 e.